The summed E-state index contributed by atoms with van der Waals surface area (Å²) in [6.07, 6.45) is 1.73. The predicted octanol–water partition coefficient (Wildman–Crippen LogP) is 3.71. The first-order chi connectivity index (χ1) is 8.74. The van der Waals surface area contributed by atoms with Crippen LogP contribution in [0.1, 0.15) is 5.82 Å². The Hall–Kier alpha value is -2.07. The minimum atomic E-state index is 0.403. The van der Waals surface area contributed by atoms with Crippen LogP contribution < -0.4 is 4.74 Å². The summed E-state index contributed by atoms with van der Waals surface area (Å²) in [6, 6.07) is 9.53. The average molecular weight is 260 g/mol. The van der Waals surface area contributed by atoms with Crippen molar-refractivity contribution in [1.29, 1.82) is 0 Å². The number of nitrogens with one attached hydrogen (secondary N) is 1. The number of nitrogens with zero attached hydrogens (tertiary/aromatic N) is 2. The summed E-state index contributed by atoms with van der Waals surface area (Å²) < 4.78 is 5.76. The van der Waals surface area contributed by atoms with E-state index in [0.29, 0.717) is 27.8 Å². The molecule has 0 spiro atoms. The molecule has 3 aromatic rings. The number of hydrogen-bond acceptors (Lipinski definition) is 3. The van der Waals surface area contributed by atoms with Crippen LogP contribution in [0, 0.1) is 6.92 Å². The summed E-state index contributed by atoms with van der Waals surface area (Å²) in [5.74, 6) is 2.01. The quantitative estimate of drug-likeness (QED) is 0.714. The van der Waals surface area contributed by atoms with E-state index in [-0.39, 0.29) is 0 Å². The van der Waals surface area contributed by atoms with E-state index in [9.17, 15) is 0 Å². The molecule has 90 valence electrons. The van der Waals surface area contributed by atoms with Gasteiger partial charge in [0, 0.05) is 6.20 Å². The van der Waals surface area contributed by atoms with Crippen LogP contribution >= 0.6 is 11.6 Å². The van der Waals surface area contributed by atoms with Crippen molar-refractivity contribution in [3.8, 4) is 11.5 Å². The van der Waals surface area contributed by atoms with E-state index in [4.69, 9.17) is 16.3 Å². The monoisotopic (exact) mass is 259 g/mol. The number of aromatic amines is 1. The summed E-state index contributed by atoms with van der Waals surface area (Å²) in [4.78, 5) is 11.5. The van der Waals surface area contributed by atoms with Gasteiger partial charge in [-0.1, -0.05) is 29.8 Å². The molecule has 0 atom stereocenters. The van der Waals surface area contributed by atoms with E-state index >= 15 is 0 Å². The first kappa shape index (κ1) is 11.0. The van der Waals surface area contributed by atoms with Crippen molar-refractivity contribution < 1.29 is 4.74 Å². The fraction of sp³-hybridized carbons (Fsp3) is 0.0769. The van der Waals surface area contributed by atoms with Gasteiger partial charge >= 0.3 is 0 Å². The number of fused-ring (bicyclic) bond motifs is 1. The van der Waals surface area contributed by atoms with Gasteiger partial charge in [-0.2, -0.15) is 0 Å². The normalized spacial score (nSPS) is 10.8. The lowest BCUT2D eigenvalue weighted by molar-refractivity contribution is 0.487. The Balaban J connectivity index is 2.08. The Morgan fingerprint density at radius 2 is 1.94 bits per heavy atom. The second kappa shape index (κ2) is 4.31. The van der Waals surface area contributed by atoms with E-state index in [0.717, 1.165) is 5.75 Å². The lowest BCUT2D eigenvalue weighted by Crippen LogP contribution is -1.90. The maximum absolute atomic E-state index is 6.04. The second-order valence-electron chi connectivity index (χ2n) is 3.85. The van der Waals surface area contributed by atoms with Crippen LogP contribution in [0.4, 0.5) is 0 Å². The molecule has 1 aromatic carbocycles. The van der Waals surface area contributed by atoms with Crippen molar-refractivity contribution >= 4 is 22.6 Å². The SMILES string of the molecule is Cc1nc(Cl)c2[nH]cc(Oc3ccccc3)c2n1. The Labute approximate surface area is 109 Å². The number of rotatable bonds is 2. The molecule has 0 aliphatic carbocycles. The van der Waals surface area contributed by atoms with Gasteiger partial charge in [0.2, 0.25) is 0 Å². The molecule has 0 radical (unpaired) electrons. The van der Waals surface area contributed by atoms with Gasteiger partial charge in [0.25, 0.3) is 0 Å². The topological polar surface area (TPSA) is 50.8 Å². The van der Waals surface area contributed by atoms with Crippen molar-refractivity contribution in [3.63, 3.8) is 0 Å². The highest BCUT2D eigenvalue weighted by molar-refractivity contribution is 6.33. The van der Waals surface area contributed by atoms with Crippen LogP contribution in [0.25, 0.3) is 11.0 Å². The standard InChI is InChI=1S/C13H10ClN3O/c1-8-16-11-10(7-15-12(11)13(14)17-8)18-9-5-3-2-4-6-9/h2-7,15H,1H3. The average Bonchev–Trinajstić information content (AvgIpc) is 2.74. The summed E-state index contributed by atoms with van der Waals surface area (Å²) in [6.45, 7) is 1.80. The number of aryl methyl sites for hydroxylation is 1. The molecule has 3 rings (SSSR count). The zero-order valence-electron chi connectivity index (χ0n) is 9.64. The van der Waals surface area contributed by atoms with Crippen molar-refractivity contribution in [2.75, 3.05) is 0 Å². The van der Waals surface area contributed by atoms with Gasteiger partial charge in [-0.05, 0) is 19.1 Å². The van der Waals surface area contributed by atoms with Crippen LogP contribution in [0.5, 0.6) is 11.5 Å². The lowest BCUT2D eigenvalue weighted by atomic mass is 10.3. The first-order valence-corrected chi connectivity index (χ1v) is 5.86. The Morgan fingerprint density at radius 3 is 2.72 bits per heavy atom. The summed E-state index contributed by atoms with van der Waals surface area (Å²) >= 11 is 6.04. The highest BCUT2D eigenvalue weighted by atomic mass is 35.5. The molecule has 2 heterocycles. The van der Waals surface area contributed by atoms with Gasteiger partial charge in [0.05, 0.1) is 0 Å². The van der Waals surface area contributed by atoms with Gasteiger partial charge < -0.3 is 9.72 Å². The van der Waals surface area contributed by atoms with Gasteiger partial charge in [-0.15, -0.1) is 0 Å². The van der Waals surface area contributed by atoms with Gasteiger partial charge in [0.15, 0.2) is 10.9 Å². The van der Waals surface area contributed by atoms with E-state index in [1.165, 1.54) is 0 Å². The van der Waals surface area contributed by atoms with Gasteiger partial charge in [-0.25, -0.2) is 9.97 Å². The first-order valence-electron chi connectivity index (χ1n) is 5.48. The van der Waals surface area contributed by atoms with Crippen molar-refractivity contribution in [1.82, 2.24) is 15.0 Å². The number of ether oxygens (including phenoxy) is 1. The Morgan fingerprint density at radius 1 is 1.17 bits per heavy atom. The minimum absolute atomic E-state index is 0.403. The minimum Gasteiger partial charge on any atom is -0.453 e. The maximum atomic E-state index is 6.04. The summed E-state index contributed by atoms with van der Waals surface area (Å²) in [5, 5.41) is 0.403. The van der Waals surface area contributed by atoms with Gasteiger partial charge in [-0.3, -0.25) is 0 Å². The fourth-order valence-electron chi connectivity index (χ4n) is 1.74. The van der Waals surface area contributed by atoms with Crippen molar-refractivity contribution in [2.24, 2.45) is 0 Å². The van der Waals surface area contributed by atoms with Crippen LogP contribution in [0.2, 0.25) is 5.15 Å². The molecule has 0 amide bonds. The molecule has 0 aliphatic rings. The van der Waals surface area contributed by atoms with Crippen LogP contribution in [0.3, 0.4) is 0 Å². The molecule has 4 nitrogen and oxygen atoms in total. The lowest BCUT2D eigenvalue weighted by Gasteiger charge is -2.03. The molecular formula is C13H10ClN3O. The third-order valence-corrected chi connectivity index (χ3v) is 2.80. The molecule has 0 saturated carbocycles. The zero-order valence-corrected chi connectivity index (χ0v) is 10.4. The zero-order chi connectivity index (χ0) is 12.5. The largest absolute Gasteiger partial charge is 0.453 e. The highest BCUT2D eigenvalue weighted by Gasteiger charge is 2.11. The summed E-state index contributed by atoms with van der Waals surface area (Å²) in [7, 11) is 0. The van der Waals surface area contributed by atoms with Crippen LogP contribution in [0.15, 0.2) is 36.5 Å². The third kappa shape index (κ3) is 1.91. The maximum Gasteiger partial charge on any atom is 0.171 e. The van der Waals surface area contributed by atoms with Crippen molar-refractivity contribution in [2.45, 2.75) is 6.92 Å². The molecular weight excluding hydrogens is 250 g/mol. The molecule has 1 N–H and O–H groups in total. The van der Waals surface area contributed by atoms with Gasteiger partial charge in [0.1, 0.15) is 22.6 Å². The number of hydrogen-bond donors (Lipinski definition) is 1. The third-order valence-electron chi connectivity index (χ3n) is 2.53. The molecule has 2 aromatic heterocycles. The molecule has 0 saturated heterocycles. The second-order valence-corrected chi connectivity index (χ2v) is 4.21. The molecule has 0 bridgehead atoms. The number of benzene rings is 1. The summed E-state index contributed by atoms with van der Waals surface area (Å²) in [5.41, 5.74) is 1.38. The van der Waals surface area contributed by atoms with Crippen LogP contribution in [-0.4, -0.2) is 15.0 Å². The van der Waals surface area contributed by atoms with E-state index in [1.54, 1.807) is 13.1 Å². The van der Waals surface area contributed by atoms with E-state index < -0.39 is 0 Å². The number of aromatic nitrogens is 3. The van der Waals surface area contributed by atoms with Crippen molar-refractivity contribution in [3.05, 3.63) is 47.5 Å². The Kier molecular flexibility index (Phi) is 2.64. The smallest absolute Gasteiger partial charge is 0.171 e. The Bertz CT molecular complexity index is 694. The highest BCUT2D eigenvalue weighted by Crippen LogP contribution is 2.30. The number of halogens is 1. The molecule has 18 heavy (non-hydrogen) atoms. The molecule has 5 heteroatoms. The number of para-hydroxylation sites is 1. The fourth-order valence-corrected chi connectivity index (χ4v) is 2.01. The number of H-pyrrole nitrogens is 1. The van der Waals surface area contributed by atoms with Crippen LogP contribution in [-0.2, 0) is 0 Å². The molecule has 0 unspecified atom stereocenters. The predicted molar refractivity (Wildman–Crippen MR) is 70.2 cm³/mol. The molecule has 0 aliphatic heterocycles. The van der Waals surface area contributed by atoms with E-state index in [1.807, 2.05) is 30.3 Å². The van der Waals surface area contributed by atoms with E-state index in [2.05, 4.69) is 15.0 Å². The molecule has 0 fully saturated rings.